The number of nitriles is 1. The standard InChI is InChI=1S/C13H14N2O2.C10H18O/c1-17-12(13(16)15-11-6-7-11)10-4-2-9(8-14)3-5-10;11-9-5-4-8-10-6-2-1-3-7-10/h2-5,11-12H,6-7H2,1H3,(H,15,16);9-10H,1-8H2. The minimum absolute atomic E-state index is 0.111. The van der Waals surface area contributed by atoms with E-state index < -0.39 is 6.10 Å². The van der Waals surface area contributed by atoms with Crippen LogP contribution in [0.15, 0.2) is 24.3 Å². The number of hydrogen-bond acceptors (Lipinski definition) is 4. The van der Waals surface area contributed by atoms with Gasteiger partial charge in [0.1, 0.15) is 6.29 Å². The van der Waals surface area contributed by atoms with E-state index in [1.165, 1.54) is 45.6 Å². The Balaban J connectivity index is 0.000000221. The first-order valence-corrected chi connectivity index (χ1v) is 10.4. The predicted octanol–water partition coefficient (Wildman–Crippen LogP) is 4.46. The van der Waals surface area contributed by atoms with Crippen LogP contribution in [0.1, 0.15) is 81.4 Å². The normalized spacial score (nSPS) is 17.6. The van der Waals surface area contributed by atoms with E-state index in [-0.39, 0.29) is 5.91 Å². The Morgan fingerprint density at radius 1 is 1.21 bits per heavy atom. The van der Waals surface area contributed by atoms with E-state index >= 15 is 0 Å². The SMILES string of the molecule is COC(C(=O)NC1CC1)c1ccc(C#N)cc1.O=CCCCC1CCCCC1. The number of methoxy groups -OCH3 is 1. The number of aldehydes is 1. The average molecular weight is 385 g/mol. The van der Waals surface area contributed by atoms with Gasteiger partial charge in [-0.15, -0.1) is 0 Å². The molecule has 0 aliphatic heterocycles. The van der Waals surface area contributed by atoms with Crippen molar-refractivity contribution >= 4 is 12.2 Å². The van der Waals surface area contributed by atoms with Gasteiger partial charge in [-0.1, -0.05) is 50.7 Å². The van der Waals surface area contributed by atoms with E-state index in [9.17, 15) is 9.59 Å². The molecule has 3 rings (SSSR count). The van der Waals surface area contributed by atoms with Crippen LogP contribution >= 0.6 is 0 Å². The van der Waals surface area contributed by atoms with E-state index in [4.69, 9.17) is 10.00 Å². The highest BCUT2D eigenvalue weighted by atomic mass is 16.5. The van der Waals surface area contributed by atoms with Gasteiger partial charge >= 0.3 is 0 Å². The van der Waals surface area contributed by atoms with Crippen molar-refractivity contribution in [1.82, 2.24) is 5.32 Å². The Labute approximate surface area is 168 Å². The highest BCUT2D eigenvalue weighted by molar-refractivity contribution is 5.82. The first kappa shape index (κ1) is 22.1. The lowest BCUT2D eigenvalue weighted by Crippen LogP contribution is -2.31. The Bertz CT molecular complexity index is 641. The molecule has 152 valence electrons. The Morgan fingerprint density at radius 3 is 2.43 bits per heavy atom. The lowest BCUT2D eigenvalue weighted by molar-refractivity contribution is -0.131. The summed E-state index contributed by atoms with van der Waals surface area (Å²) in [5, 5.41) is 11.6. The zero-order valence-corrected chi connectivity index (χ0v) is 16.9. The molecule has 0 aromatic heterocycles. The molecule has 1 aromatic carbocycles. The molecular weight excluding hydrogens is 352 g/mol. The smallest absolute Gasteiger partial charge is 0.253 e. The number of hydrogen-bond donors (Lipinski definition) is 1. The molecule has 5 nitrogen and oxygen atoms in total. The Kier molecular flexibility index (Phi) is 9.71. The van der Waals surface area contributed by atoms with Gasteiger partial charge in [-0.3, -0.25) is 4.79 Å². The van der Waals surface area contributed by atoms with Crippen molar-refractivity contribution in [3.63, 3.8) is 0 Å². The summed E-state index contributed by atoms with van der Waals surface area (Å²) in [4.78, 5) is 21.9. The zero-order valence-electron chi connectivity index (χ0n) is 16.9. The largest absolute Gasteiger partial charge is 0.367 e. The van der Waals surface area contributed by atoms with Gasteiger partial charge in [0.15, 0.2) is 6.10 Å². The molecule has 5 heteroatoms. The summed E-state index contributed by atoms with van der Waals surface area (Å²) in [6, 6.07) is 9.23. The monoisotopic (exact) mass is 384 g/mol. The molecule has 0 radical (unpaired) electrons. The Morgan fingerprint density at radius 2 is 1.89 bits per heavy atom. The third kappa shape index (κ3) is 7.82. The number of benzene rings is 1. The molecule has 2 saturated carbocycles. The van der Waals surface area contributed by atoms with Gasteiger partial charge in [0.05, 0.1) is 11.6 Å². The van der Waals surface area contributed by atoms with Crippen molar-refractivity contribution in [3.8, 4) is 6.07 Å². The molecule has 2 fully saturated rings. The number of carbonyl (C=O) groups excluding carboxylic acids is 2. The van der Waals surface area contributed by atoms with Gasteiger partial charge in [0.2, 0.25) is 0 Å². The number of unbranched alkanes of at least 4 members (excludes halogenated alkanes) is 1. The average Bonchev–Trinajstić information content (AvgIpc) is 3.54. The highest BCUT2D eigenvalue weighted by Gasteiger charge is 2.28. The van der Waals surface area contributed by atoms with Crippen LogP contribution in [-0.2, 0) is 14.3 Å². The second kappa shape index (κ2) is 12.3. The maximum absolute atomic E-state index is 11.9. The fraction of sp³-hybridized carbons (Fsp3) is 0.609. The summed E-state index contributed by atoms with van der Waals surface area (Å²) in [7, 11) is 1.51. The minimum atomic E-state index is -0.594. The molecule has 0 saturated heterocycles. The van der Waals surface area contributed by atoms with Crippen LogP contribution in [0.2, 0.25) is 0 Å². The number of nitrogens with one attached hydrogen (secondary N) is 1. The quantitative estimate of drug-likeness (QED) is 0.530. The summed E-state index contributed by atoms with van der Waals surface area (Å²) in [5.41, 5.74) is 1.34. The predicted molar refractivity (Wildman–Crippen MR) is 109 cm³/mol. The van der Waals surface area contributed by atoms with Crippen molar-refractivity contribution < 1.29 is 14.3 Å². The van der Waals surface area contributed by atoms with Gasteiger partial charge in [-0.25, -0.2) is 0 Å². The molecule has 1 N–H and O–H groups in total. The van der Waals surface area contributed by atoms with Gasteiger partial charge in [0.25, 0.3) is 5.91 Å². The third-order valence-electron chi connectivity index (χ3n) is 5.40. The van der Waals surface area contributed by atoms with Gasteiger partial charge in [-0.2, -0.15) is 5.26 Å². The van der Waals surface area contributed by atoms with Crippen LogP contribution < -0.4 is 5.32 Å². The number of nitrogens with zero attached hydrogens (tertiary/aromatic N) is 1. The minimum Gasteiger partial charge on any atom is -0.367 e. The number of amides is 1. The van der Waals surface area contributed by atoms with Crippen molar-refractivity contribution in [2.75, 3.05) is 7.11 Å². The number of rotatable bonds is 8. The van der Waals surface area contributed by atoms with Crippen LogP contribution in [0.4, 0.5) is 0 Å². The molecule has 0 spiro atoms. The molecule has 28 heavy (non-hydrogen) atoms. The molecular formula is C23H32N2O3. The lowest BCUT2D eigenvalue weighted by atomic mass is 9.86. The molecule has 2 aliphatic rings. The van der Waals surface area contributed by atoms with Crippen LogP contribution in [0.25, 0.3) is 0 Å². The third-order valence-corrected chi connectivity index (χ3v) is 5.40. The maximum atomic E-state index is 11.9. The number of carbonyl (C=O) groups is 2. The second-order valence-corrected chi connectivity index (χ2v) is 7.73. The fourth-order valence-electron chi connectivity index (χ4n) is 3.60. The highest BCUT2D eigenvalue weighted by Crippen LogP contribution is 2.27. The summed E-state index contributed by atoms with van der Waals surface area (Å²) in [6.45, 7) is 0. The fourth-order valence-corrected chi connectivity index (χ4v) is 3.60. The first-order chi connectivity index (χ1) is 13.7. The van der Waals surface area contributed by atoms with Gasteiger partial charge in [0, 0.05) is 19.6 Å². The van der Waals surface area contributed by atoms with Gasteiger partial charge < -0.3 is 14.8 Å². The second-order valence-electron chi connectivity index (χ2n) is 7.73. The van der Waals surface area contributed by atoms with E-state index in [1.807, 2.05) is 6.07 Å². The zero-order chi connectivity index (χ0) is 20.2. The van der Waals surface area contributed by atoms with Crippen molar-refractivity contribution in [3.05, 3.63) is 35.4 Å². The molecule has 0 bridgehead atoms. The first-order valence-electron chi connectivity index (χ1n) is 10.4. The molecule has 1 amide bonds. The summed E-state index contributed by atoms with van der Waals surface area (Å²) in [5.74, 6) is 0.836. The van der Waals surface area contributed by atoms with E-state index in [1.54, 1.807) is 24.3 Å². The van der Waals surface area contributed by atoms with Crippen LogP contribution in [0.3, 0.4) is 0 Å². The Hall–Kier alpha value is -2.19. The van der Waals surface area contributed by atoms with Crippen molar-refractivity contribution in [2.24, 2.45) is 5.92 Å². The van der Waals surface area contributed by atoms with Crippen LogP contribution in [0.5, 0.6) is 0 Å². The molecule has 1 aromatic rings. The van der Waals surface area contributed by atoms with Crippen LogP contribution in [0, 0.1) is 17.2 Å². The van der Waals surface area contributed by atoms with E-state index in [2.05, 4.69) is 5.32 Å². The molecule has 1 unspecified atom stereocenters. The lowest BCUT2D eigenvalue weighted by Gasteiger charge is -2.20. The number of ether oxygens (including phenoxy) is 1. The van der Waals surface area contributed by atoms with Crippen molar-refractivity contribution in [2.45, 2.75) is 76.4 Å². The summed E-state index contributed by atoms with van der Waals surface area (Å²) >= 11 is 0. The summed E-state index contributed by atoms with van der Waals surface area (Å²) in [6.07, 6.45) is 12.8. The summed E-state index contributed by atoms with van der Waals surface area (Å²) < 4.78 is 5.21. The molecule has 0 heterocycles. The van der Waals surface area contributed by atoms with E-state index in [0.717, 1.165) is 43.5 Å². The van der Waals surface area contributed by atoms with Crippen LogP contribution in [-0.4, -0.2) is 25.3 Å². The van der Waals surface area contributed by atoms with Crippen molar-refractivity contribution in [1.29, 1.82) is 5.26 Å². The van der Waals surface area contributed by atoms with Gasteiger partial charge in [-0.05, 0) is 42.9 Å². The topological polar surface area (TPSA) is 79.2 Å². The molecule has 2 aliphatic carbocycles. The molecule has 1 atom stereocenters. The maximum Gasteiger partial charge on any atom is 0.253 e. The van der Waals surface area contributed by atoms with E-state index in [0.29, 0.717) is 11.6 Å².